The van der Waals surface area contributed by atoms with Crippen LogP contribution in [0.5, 0.6) is 0 Å². The number of carbonyl (C=O) groups is 1. The molecule has 3 N–H and O–H groups in total. The second kappa shape index (κ2) is 5.17. The number of H-pyrrole nitrogens is 1. The molecule has 4 nitrogen and oxygen atoms in total. The molecule has 1 unspecified atom stereocenters. The molecule has 0 bridgehead atoms. The Morgan fingerprint density at radius 1 is 1.20 bits per heavy atom. The third-order valence-electron chi connectivity index (χ3n) is 3.49. The number of hydrogen-bond acceptors (Lipinski definition) is 2. The average molecular weight is 265 g/mol. The number of primary amides is 1. The molecule has 0 aliphatic heterocycles. The van der Waals surface area contributed by atoms with E-state index in [1.54, 1.807) is 6.20 Å². The lowest BCUT2D eigenvalue weighted by Gasteiger charge is -2.14. The number of nitrogens with two attached hydrogens (primary N) is 1. The number of fused-ring (bicyclic) bond motifs is 1. The largest absolute Gasteiger partial charge is 0.369 e. The van der Waals surface area contributed by atoms with E-state index in [0.717, 1.165) is 22.0 Å². The van der Waals surface area contributed by atoms with Crippen molar-refractivity contribution in [2.45, 2.75) is 12.3 Å². The third kappa shape index (κ3) is 2.40. The summed E-state index contributed by atoms with van der Waals surface area (Å²) < 4.78 is 0. The van der Waals surface area contributed by atoms with Crippen LogP contribution in [0.1, 0.15) is 17.0 Å². The van der Waals surface area contributed by atoms with Crippen LogP contribution in [0, 0.1) is 0 Å². The first-order chi connectivity index (χ1) is 9.74. The van der Waals surface area contributed by atoms with E-state index in [2.05, 4.69) is 10.2 Å². The van der Waals surface area contributed by atoms with Gasteiger partial charge in [-0.25, -0.2) is 0 Å². The SMILES string of the molecule is NC(=O)C(Cc1ccccc1)c1ccc2cn[nH]c2c1. The lowest BCUT2D eigenvalue weighted by molar-refractivity contribution is -0.119. The van der Waals surface area contributed by atoms with Crippen LogP contribution >= 0.6 is 0 Å². The summed E-state index contributed by atoms with van der Waals surface area (Å²) in [5.74, 6) is -0.641. The summed E-state index contributed by atoms with van der Waals surface area (Å²) in [6.45, 7) is 0. The maximum absolute atomic E-state index is 11.8. The van der Waals surface area contributed by atoms with E-state index in [1.807, 2.05) is 48.5 Å². The van der Waals surface area contributed by atoms with Gasteiger partial charge in [-0.3, -0.25) is 9.89 Å². The van der Waals surface area contributed by atoms with Crippen LogP contribution in [0.2, 0.25) is 0 Å². The van der Waals surface area contributed by atoms with Gasteiger partial charge >= 0.3 is 0 Å². The highest BCUT2D eigenvalue weighted by Crippen LogP contribution is 2.23. The fourth-order valence-corrected chi connectivity index (χ4v) is 2.40. The molecular weight excluding hydrogens is 250 g/mol. The Balaban J connectivity index is 1.95. The number of rotatable bonds is 4. The van der Waals surface area contributed by atoms with Gasteiger partial charge in [-0.2, -0.15) is 5.10 Å². The van der Waals surface area contributed by atoms with E-state index in [0.29, 0.717) is 6.42 Å². The van der Waals surface area contributed by atoms with Crippen molar-refractivity contribution in [1.29, 1.82) is 0 Å². The average Bonchev–Trinajstić information content (AvgIpc) is 2.93. The quantitative estimate of drug-likeness (QED) is 0.760. The van der Waals surface area contributed by atoms with Gasteiger partial charge < -0.3 is 5.73 Å². The molecule has 0 fully saturated rings. The molecular formula is C16H15N3O. The molecule has 0 aliphatic carbocycles. The van der Waals surface area contributed by atoms with Gasteiger partial charge in [0.05, 0.1) is 17.6 Å². The van der Waals surface area contributed by atoms with E-state index in [-0.39, 0.29) is 11.8 Å². The van der Waals surface area contributed by atoms with Gasteiger partial charge in [0, 0.05) is 5.39 Å². The molecule has 3 rings (SSSR count). The van der Waals surface area contributed by atoms with Crippen molar-refractivity contribution in [2.24, 2.45) is 5.73 Å². The molecule has 20 heavy (non-hydrogen) atoms. The number of carbonyl (C=O) groups excluding carboxylic acids is 1. The van der Waals surface area contributed by atoms with Crippen molar-refractivity contribution in [2.75, 3.05) is 0 Å². The maximum Gasteiger partial charge on any atom is 0.225 e. The van der Waals surface area contributed by atoms with Crippen LogP contribution in [0.3, 0.4) is 0 Å². The van der Waals surface area contributed by atoms with Gasteiger partial charge in [-0.05, 0) is 23.6 Å². The molecule has 1 aromatic heterocycles. The van der Waals surface area contributed by atoms with Crippen LogP contribution in [-0.2, 0) is 11.2 Å². The normalized spacial score (nSPS) is 12.4. The molecule has 0 aliphatic rings. The molecule has 0 saturated heterocycles. The Kier molecular flexibility index (Phi) is 3.21. The van der Waals surface area contributed by atoms with Gasteiger partial charge in [-0.1, -0.05) is 42.5 Å². The predicted molar refractivity (Wildman–Crippen MR) is 78.2 cm³/mol. The zero-order valence-corrected chi connectivity index (χ0v) is 10.9. The van der Waals surface area contributed by atoms with E-state index in [4.69, 9.17) is 5.73 Å². The molecule has 1 heterocycles. The minimum absolute atomic E-state index is 0.312. The van der Waals surface area contributed by atoms with Crippen molar-refractivity contribution in [3.05, 3.63) is 65.9 Å². The molecule has 100 valence electrons. The zero-order chi connectivity index (χ0) is 13.9. The van der Waals surface area contributed by atoms with Crippen molar-refractivity contribution in [3.8, 4) is 0 Å². The first-order valence-electron chi connectivity index (χ1n) is 6.50. The predicted octanol–water partition coefficient (Wildman–Crippen LogP) is 2.37. The maximum atomic E-state index is 11.8. The number of nitrogens with one attached hydrogen (secondary N) is 1. The van der Waals surface area contributed by atoms with Gasteiger partial charge in [-0.15, -0.1) is 0 Å². The van der Waals surface area contributed by atoms with Crippen molar-refractivity contribution in [3.63, 3.8) is 0 Å². The second-order valence-electron chi connectivity index (χ2n) is 4.86. The molecule has 2 aromatic carbocycles. The Bertz CT molecular complexity index is 734. The summed E-state index contributed by atoms with van der Waals surface area (Å²) in [7, 11) is 0. The van der Waals surface area contributed by atoms with Crippen LogP contribution < -0.4 is 5.73 Å². The summed E-state index contributed by atoms with van der Waals surface area (Å²) in [4.78, 5) is 11.8. The smallest absolute Gasteiger partial charge is 0.225 e. The van der Waals surface area contributed by atoms with E-state index < -0.39 is 0 Å². The highest BCUT2D eigenvalue weighted by Gasteiger charge is 2.18. The van der Waals surface area contributed by atoms with Crippen LogP contribution in [0.4, 0.5) is 0 Å². The molecule has 3 aromatic rings. The highest BCUT2D eigenvalue weighted by molar-refractivity contribution is 5.85. The summed E-state index contributed by atoms with van der Waals surface area (Å²) in [6, 6.07) is 15.7. The highest BCUT2D eigenvalue weighted by atomic mass is 16.1. The van der Waals surface area contributed by atoms with Crippen LogP contribution in [-0.4, -0.2) is 16.1 Å². The summed E-state index contributed by atoms with van der Waals surface area (Å²) >= 11 is 0. The number of benzene rings is 2. The van der Waals surface area contributed by atoms with Crippen LogP contribution in [0.15, 0.2) is 54.7 Å². The first kappa shape index (κ1) is 12.4. The Morgan fingerprint density at radius 2 is 2.00 bits per heavy atom. The van der Waals surface area contributed by atoms with E-state index in [9.17, 15) is 4.79 Å². The molecule has 0 saturated carbocycles. The molecule has 1 amide bonds. The van der Waals surface area contributed by atoms with Gasteiger partial charge in [0.25, 0.3) is 0 Å². The van der Waals surface area contributed by atoms with Gasteiger partial charge in [0.15, 0.2) is 0 Å². The zero-order valence-electron chi connectivity index (χ0n) is 10.9. The number of nitrogens with zero attached hydrogens (tertiary/aromatic N) is 1. The summed E-state index contributed by atoms with van der Waals surface area (Å²) in [5, 5.41) is 7.93. The lowest BCUT2D eigenvalue weighted by Crippen LogP contribution is -2.23. The Labute approximate surface area is 116 Å². The first-order valence-corrected chi connectivity index (χ1v) is 6.50. The fraction of sp³-hybridized carbons (Fsp3) is 0.125. The number of aromatic nitrogens is 2. The summed E-state index contributed by atoms with van der Waals surface area (Å²) in [6.07, 6.45) is 2.37. The van der Waals surface area contributed by atoms with Crippen molar-refractivity contribution < 1.29 is 4.79 Å². The minimum Gasteiger partial charge on any atom is -0.369 e. The molecule has 0 radical (unpaired) electrons. The van der Waals surface area contributed by atoms with Crippen molar-refractivity contribution in [1.82, 2.24) is 10.2 Å². The number of aromatic amines is 1. The number of hydrogen-bond donors (Lipinski definition) is 2. The molecule has 4 heteroatoms. The fourth-order valence-electron chi connectivity index (χ4n) is 2.40. The second-order valence-corrected chi connectivity index (χ2v) is 4.86. The minimum atomic E-state index is -0.329. The monoisotopic (exact) mass is 265 g/mol. The Hall–Kier alpha value is -2.62. The van der Waals surface area contributed by atoms with Crippen molar-refractivity contribution >= 4 is 16.8 Å². The Morgan fingerprint density at radius 3 is 2.75 bits per heavy atom. The third-order valence-corrected chi connectivity index (χ3v) is 3.49. The van der Waals surface area contributed by atoms with Gasteiger partial charge in [0.2, 0.25) is 5.91 Å². The topological polar surface area (TPSA) is 71.8 Å². The lowest BCUT2D eigenvalue weighted by atomic mass is 9.91. The van der Waals surface area contributed by atoms with Gasteiger partial charge in [0.1, 0.15) is 0 Å². The van der Waals surface area contributed by atoms with E-state index >= 15 is 0 Å². The molecule has 1 atom stereocenters. The summed E-state index contributed by atoms with van der Waals surface area (Å²) in [5.41, 5.74) is 8.50. The van der Waals surface area contributed by atoms with E-state index in [1.165, 1.54) is 0 Å². The van der Waals surface area contributed by atoms with Crippen LogP contribution in [0.25, 0.3) is 10.9 Å². The standard InChI is InChI=1S/C16H15N3O/c17-16(20)14(8-11-4-2-1-3-5-11)12-6-7-13-10-18-19-15(13)9-12/h1-7,9-10,14H,8H2,(H2,17,20)(H,18,19). The number of amides is 1. The molecule has 0 spiro atoms.